The largest absolute Gasteiger partial charge is 0.494 e. The number of aromatic amines is 1. The minimum absolute atomic E-state index is 0.180. The highest BCUT2D eigenvalue weighted by Crippen LogP contribution is 2.21. The zero-order valence-corrected chi connectivity index (χ0v) is 15.3. The molecule has 0 saturated heterocycles. The molecule has 6 nitrogen and oxygen atoms in total. The van der Waals surface area contributed by atoms with Gasteiger partial charge in [-0.3, -0.25) is 0 Å². The summed E-state index contributed by atoms with van der Waals surface area (Å²) in [7, 11) is 0. The van der Waals surface area contributed by atoms with Crippen LogP contribution in [-0.4, -0.2) is 27.7 Å². The van der Waals surface area contributed by atoms with Gasteiger partial charge in [-0.1, -0.05) is 17.7 Å². The third-order valence-electron chi connectivity index (χ3n) is 3.45. The van der Waals surface area contributed by atoms with E-state index in [1.807, 2.05) is 31.2 Å². The standard InChI is InChI=1S/C17H15ClFN5OS/c1-2-25-12-8-6-11(7-9-12)16-21-22-17(26)24(16)23-20-10-13-14(18)4-3-5-15(13)19/h3-10,23H,2H2,1H3,(H,22,26)/b20-10+. The molecule has 0 amide bonds. The molecule has 1 aromatic heterocycles. The molecule has 0 aliphatic carbocycles. The maximum atomic E-state index is 13.8. The van der Waals surface area contributed by atoms with Gasteiger partial charge in [0, 0.05) is 11.1 Å². The summed E-state index contributed by atoms with van der Waals surface area (Å²) < 4.78 is 21.0. The van der Waals surface area contributed by atoms with Crippen LogP contribution in [0.1, 0.15) is 12.5 Å². The van der Waals surface area contributed by atoms with Crippen LogP contribution in [0.4, 0.5) is 4.39 Å². The van der Waals surface area contributed by atoms with Crippen molar-refractivity contribution in [1.82, 2.24) is 14.9 Å². The maximum absolute atomic E-state index is 13.8. The summed E-state index contributed by atoms with van der Waals surface area (Å²) in [6.45, 7) is 2.51. The van der Waals surface area contributed by atoms with Crippen LogP contribution in [0.5, 0.6) is 5.75 Å². The Hall–Kier alpha value is -2.71. The normalized spacial score (nSPS) is 11.0. The zero-order valence-electron chi connectivity index (χ0n) is 13.7. The molecular formula is C17H15ClFN5OS. The van der Waals surface area contributed by atoms with Gasteiger partial charge in [0.1, 0.15) is 11.6 Å². The van der Waals surface area contributed by atoms with Crippen molar-refractivity contribution < 1.29 is 9.13 Å². The van der Waals surface area contributed by atoms with Crippen molar-refractivity contribution in [3.63, 3.8) is 0 Å². The Morgan fingerprint density at radius 1 is 1.35 bits per heavy atom. The Balaban J connectivity index is 1.84. The molecule has 0 bridgehead atoms. The van der Waals surface area contributed by atoms with Crippen molar-refractivity contribution in [2.75, 3.05) is 12.1 Å². The molecule has 0 unspecified atom stereocenters. The van der Waals surface area contributed by atoms with E-state index in [0.717, 1.165) is 11.3 Å². The van der Waals surface area contributed by atoms with Crippen molar-refractivity contribution in [3.05, 3.63) is 63.6 Å². The number of hydrazone groups is 1. The Morgan fingerprint density at radius 2 is 2.12 bits per heavy atom. The molecular weight excluding hydrogens is 377 g/mol. The van der Waals surface area contributed by atoms with E-state index in [-0.39, 0.29) is 10.6 Å². The molecule has 1 heterocycles. The van der Waals surface area contributed by atoms with Gasteiger partial charge < -0.3 is 4.74 Å². The average Bonchev–Trinajstić information content (AvgIpc) is 2.99. The van der Waals surface area contributed by atoms with Crippen LogP contribution in [0.2, 0.25) is 5.02 Å². The summed E-state index contributed by atoms with van der Waals surface area (Å²) in [5, 5.41) is 11.2. The third-order valence-corrected chi connectivity index (χ3v) is 4.05. The number of hydrogen-bond donors (Lipinski definition) is 2. The number of halogens is 2. The second-order valence-corrected chi connectivity index (χ2v) is 5.93. The summed E-state index contributed by atoms with van der Waals surface area (Å²) in [6.07, 6.45) is 1.29. The quantitative estimate of drug-likeness (QED) is 0.372. The summed E-state index contributed by atoms with van der Waals surface area (Å²) in [6, 6.07) is 11.8. The number of benzene rings is 2. The summed E-state index contributed by atoms with van der Waals surface area (Å²) in [5.74, 6) is 0.817. The number of rotatable bonds is 6. The fourth-order valence-electron chi connectivity index (χ4n) is 2.24. The van der Waals surface area contributed by atoms with Crippen molar-refractivity contribution in [3.8, 4) is 17.1 Å². The molecule has 0 fully saturated rings. The lowest BCUT2D eigenvalue weighted by molar-refractivity contribution is 0.340. The molecule has 0 spiro atoms. The van der Waals surface area contributed by atoms with Gasteiger partial charge in [0.2, 0.25) is 4.77 Å². The Morgan fingerprint density at radius 3 is 2.81 bits per heavy atom. The number of hydrogen-bond acceptors (Lipinski definition) is 5. The summed E-state index contributed by atoms with van der Waals surface area (Å²) in [4.78, 5) is 0. The van der Waals surface area contributed by atoms with Crippen LogP contribution in [0, 0.1) is 10.6 Å². The number of aromatic nitrogens is 3. The molecule has 9 heteroatoms. The summed E-state index contributed by atoms with van der Waals surface area (Å²) in [5.41, 5.74) is 3.71. The Labute approximate surface area is 159 Å². The van der Waals surface area contributed by atoms with E-state index in [1.54, 1.807) is 6.07 Å². The molecule has 26 heavy (non-hydrogen) atoms. The molecule has 3 rings (SSSR count). The second-order valence-electron chi connectivity index (χ2n) is 5.14. The lowest BCUT2D eigenvalue weighted by Crippen LogP contribution is -2.11. The molecule has 0 atom stereocenters. The predicted octanol–water partition coefficient (Wildman–Crippen LogP) is 4.38. The molecule has 2 aromatic carbocycles. The minimum atomic E-state index is -0.467. The molecule has 3 aromatic rings. The average molecular weight is 392 g/mol. The first-order valence-electron chi connectivity index (χ1n) is 7.74. The first kappa shape index (κ1) is 18.1. The van der Waals surface area contributed by atoms with Crippen molar-refractivity contribution >= 4 is 30.0 Å². The van der Waals surface area contributed by atoms with E-state index in [1.165, 1.54) is 23.0 Å². The number of nitrogens with zero attached hydrogens (tertiary/aromatic N) is 3. The van der Waals surface area contributed by atoms with Crippen LogP contribution in [0.15, 0.2) is 47.6 Å². The van der Waals surface area contributed by atoms with Crippen LogP contribution in [-0.2, 0) is 0 Å². The van der Waals surface area contributed by atoms with E-state index in [4.69, 9.17) is 28.6 Å². The zero-order chi connectivity index (χ0) is 18.5. The lowest BCUT2D eigenvalue weighted by atomic mass is 10.2. The van der Waals surface area contributed by atoms with Crippen LogP contribution in [0.3, 0.4) is 0 Å². The van der Waals surface area contributed by atoms with E-state index >= 15 is 0 Å². The highest BCUT2D eigenvalue weighted by molar-refractivity contribution is 7.71. The van der Waals surface area contributed by atoms with Gasteiger partial charge >= 0.3 is 0 Å². The number of ether oxygens (including phenoxy) is 1. The molecule has 0 saturated carbocycles. The van der Waals surface area contributed by atoms with Gasteiger partial charge in [0.25, 0.3) is 0 Å². The van der Waals surface area contributed by atoms with Gasteiger partial charge in [-0.15, -0.1) is 0 Å². The fraction of sp³-hybridized carbons (Fsp3) is 0.118. The van der Waals surface area contributed by atoms with Gasteiger partial charge in [-0.05, 0) is 55.5 Å². The maximum Gasteiger partial charge on any atom is 0.216 e. The first-order valence-corrected chi connectivity index (χ1v) is 8.52. The predicted molar refractivity (Wildman–Crippen MR) is 102 cm³/mol. The van der Waals surface area contributed by atoms with Gasteiger partial charge in [0.05, 0.1) is 17.8 Å². The molecule has 0 aliphatic rings. The highest BCUT2D eigenvalue weighted by atomic mass is 35.5. The molecule has 2 N–H and O–H groups in total. The van der Waals surface area contributed by atoms with Gasteiger partial charge in [-0.25, -0.2) is 15.0 Å². The number of nitrogens with one attached hydrogen (secondary N) is 2. The topological polar surface area (TPSA) is 67.2 Å². The first-order chi connectivity index (χ1) is 12.6. The van der Waals surface area contributed by atoms with E-state index in [2.05, 4.69) is 20.8 Å². The van der Waals surface area contributed by atoms with Crippen LogP contribution in [0.25, 0.3) is 11.4 Å². The van der Waals surface area contributed by atoms with Gasteiger partial charge in [0.15, 0.2) is 5.82 Å². The van der Waals surface area contributed by atoms with Crippen molar-refractivity contribution in [2.45, 2.75) is 6.92 Å². The second kappa shape index (κ2) is 8.11. The van der Waals surface area contributed by atoms with Crippen LogP contribution < -0.4 is 10.3 Å². The van der Waals surface area contributed by atoms with Crippen molar-refractivity contribution in [2.24, 2.45) is 5.10 Å². The Kier molecular flexibility index (Phi) is 5.65. The molecule has 134 valence electrons. The van der Waals surface area contributed by atoms with E-state index in [9.17, 15) is 4.39 Å². The van der Waals surface area contributed by atoms with Crippen molar-refractivity contribution in [1.29, 1.82) is 0 Å². The Bertz CT molecular complexity index is 963. The molecule has 0 aliphatic heterocycles. The monoisotopic (exact) mass is 391 g/mol. The fourth-order valence-corrected chi connectivity index (χ4v) is 2.62. The highest BCUT2D eigenvalue weighted by Gasteiger charge is 2.09. The smallest absolute Gasteiger partial charge is 0.216 e. The van der Waals surface area contributed by atoms with Gasteiger partial charge in [-0.2, -0.15) is 14.9 Å². The van der Waals surface area contributed by atoms with E-state index in [0.29, 0.717) is 17.2 Å². The minimum Gasteiger partial charge on any atom is -0.494 e. The van der Waals surface area contributed by atoms with Crippen LogP contribution >= 0.6 is 23.8 Å². The lowest BCUT2D eigenvalue weighted by Gasteiger charge is -2.07. The third kappa shape index (κ3) is 3.92. The number of H-pyrrole nitrogens is 1. The summed E-state index contributed by atoms with van der Waals surface area (Å²) >= 11 is 11.2. The molecule has 0 radical (unpaired) electrons. The SMILES string of the molecule is CCOc1ccc(-c2n[nH]c(=S)n2N/N=C/c2c(F)cccc2Cl)cc1. The van der Waals surface area contributed by atoms with E-state index < -0.39 is 5.82 Å².